The Morgan fingerprint density at radius 1 is 1.67 bits per heavy atom. The van der Waals surface area contributed by atoms with E-state index in [1.807, 2.05) is 0 Å². The van der Waals surface area contributed by atoms with Gasteiger partial charge in [-0.15, -0.1) is 0 Å². The number of nitro groups is 1. The van der Waals surface area contributed by atoms with Crippen LogP contribution in [0.4, 0.5) is 5.69 Å². The number of nitrogens with zero attached hydrogens (tertiary/aromatic N) is 3. The third-order valence-electron chi connectivity index (χ3n) is 2.83. The van der Waals surface area contributed by atoms with Crippen molar-refractivity contribution < 1.29 is 9.66 Å². The van der Waals surface area contributed by atoms with Crippen LogP contribution in [0.1, 0.15) is 18.4 Å². The number of aromatic nitrogens is 1. The Hall–Kier alpha value is -2.20. The highest BCUT2D eigenvalue weighted by Crippen LogP contribution is 2.15. The largest absolute Gasteiger partial charge is 0.376 e. The van der Waals surface area contributed by atoms with E-state index in [-0.39, 0.29) is 23.9 Å². The molecular formula is C11H11N3O4. The van der Waals surface area contributed by atoms with Crippen molar-refractivity contribution in [2.24, 2.45) is 0 Å². The molecule has 7 nitrogen and oxygen atoms in total. The lowest BCUT2D eigenvalue weighted by molar-refractivity contribution is -0.385. The van der Waals surface area contributed by atoms with Crippen LogP contribution < -0.4 is 5.56 Å². The van der Waals surface area contributed by atoms with Gasteiger partial charge in [0, 0.05) is 12.7 Å². The van der Waals surface area contributed by atoms with E-state index in [0.29, 0.717) is 6.61 Å². The van der Waals surface area contributed by atoms with E-state index in [0.717, 1.165) is 25.1 Å². The summed E-state index contributed by atoms with van der Waals surface area (Å²) in [4.78, 5) is 21.9. The number of hydrogen-bond donors (Lipinski definition) is 0. The van der Waals surface area contributed by atoms with Gasteiger partial charge in [0.2, 0.25) is 0 Å². The molecule has 0 aromatic carbocycles. The van der Waals surface area contributed by atoms with Gasteiger partial charge in [0.15, 0.2) is 0 Å². The topological polar surface area (TPSA) is 98.2 Å². The molecule has 0 amide bonds. The zero-order valence-electron chi connectivity index (χ0n) is 9.54. The van der Waals surface area contributed by atoms with E-state index in [2.05, 4.69) is 0 Å². The zero-order valence-corrected chi connectivity index (χ0v) is 9.54. The van der Waals surface area contributed by atoms with Crippen molar-refractivity contribution in [3.05, 3.63) is 38.3 Å². The van der Waals surface area contributed by atoms with Crippen molar-refractivity contribution in [3.8, 4) is 6.07 Å². The van der Waals surface area contributed by atoms with Gasteiger partial charge < -0.3 is 9.30 Å². The lowest BCUT2D eigenvalue weighted by Gasteiger charge is -2.11. The molecule has 2 rings (SSSR count). The molecule has 0 unspecified atom stereocenters. The summed E-state index contributed by atoms with van der Waals surface area (Å²) in [6.07, 6.45) is 2.78. The summed E-state index contributed by atoms with van der Waals surface area (Å²) in [7, 11) is 0. The first-order chi connectivity index (χ1) is 8.61. The van der Waals surface area contributed by atoms with Crippen LogP contribution in [-0.2, 0) is 11.3 Å². The summed E-state index contributed by atoms with van der Waals surface area (Å²) < 4.78 is 6.56. The molecule has 0 bridgehead atoms. The molecule has 94 valence electrons. The van der Waals surface area contributed by atoms with Gasteiger partial charge in [0.1, 0.15) is 11.6 Å². The van der Waals surface area contributed by atoms with E-state index in [1.165, 1.54) is 4.57 Å². The quantitative estimate of drug-likeness (QED) is 0.583. The van der Waals surface area contributed by atoms with Gasteiger partial charge in [0.25, 0.3) is 11.2 Å². The molecule has 0 spiro atoms. The first-order valence-electron chi connectivity index (χ1n) is 5.52. The maximum atomic E-state index is 11.8. The average molecular weight is 249 g/mol. The van der Waals surface area contributed by atoms with Gasteiger partial charge in [0.05, 0.1) is 23.8 Å². The van der Waals surface area contributed by atoms with Crippen LogP contribution in [0, 0.1) is 21.4 Å². The lowest BCUT2D eigenvalue weighted by atomic mass is 10.2. The van der Waals surface area contributed by atoms with Crippen LogP contribution in [0.2, 0.25) is 0 Å². The van der Waals surface area contributed by atoms with Gasteiger partial charge in [-0.3, -0.25) is 14.9 Å². The molecule has 1 aliphatic heterocycles. The number of rotatable bonds is 3. The van der Waals surface area contributed by atoms with Crippen LogP contribution in [0.3, 0.4) is 0 Å². The number of ether oxygens (including phenoxy) is 1. The molecule has 7 heteroatoms. The van der Waals surface area contributed by atoms with E-state index < -0.39 is 10.5 Å². The van der Waals surface area contributed by atoms with E-state index >= 15 is 0 Å². The van der Waals surface area contributed by atoms with E-state index in [4.69, 9.17) is 10.00 Å². The summed E-state index contributed by atoms with van der Waals surface area (Å²) in [6, 6.07) is 2.67. The molecule has 0 N–H and O–H groups in total. The summed E-state index contributed by atoms with van der Waals surface area (Å²) >= 11 is 0. The minimum absolute atomic E-state index is 0.115. The Labute approximate surface area is 102 Å². The van der Waals surface area contributed by atoms with E-state index in [1.54, 1.807) is 6.07 Å². The normalized spacial score (nSPS) is 18.5. The van der Waals surface area contributed by atoms with Crippen LogP contribution >= 0.6 is 0 Å². The number of pyridine rings is 1. The fraction of sp³-hybridized carbons (Fsp3) is 0.455. The van der Waals surface area contributed by atoms with Crippen molar-refractivity contribution in [3.63, 3.8) is 0 Å². The lowest BCUT2D eigenvalue weighted by Crippen LogP contribution is -2.27. The Morgan fingerprint density at radius 2 is 2.44 bits per heavy atom. The third kappa shape index (κ3) is 2.38. The summed E-state index contributed by atoms with van der Waals surface area (Å²) in [6.45, 7) is 0.884. The van der Waals surface area contributed by atoms with Crippen LogP contribution in [0.15, 0.2) is 17.1 Å². The van der Waals surface area contributed by atoms with E-state index in [9.17, 15) is 14.9 Å². The van der Waals surface area contributed by atoms with Crippen LogP contribution in [-0.4, -0.2) is 22.2 Å². The second kappa shape index (κ2) is 4.98. The first kappa shape index (κ1) is 12.3. The molecule has 1 aromatic heterocycles. The predicted octanol–water partition coefficient (Wildman–Crippen LogP) is 0.807. The molecule has 0 saturated carbocycles. The highest BCUT2D eigenvalue weighted by atomic mass is 16.6. The Balaban J connectivity index is 2.38. The third-order valence-corrected chi connectivity index (χ3v) is 2.83. The maximum Gasteiger partial charge on any atom is 0.287 e. The van der Waals surface area contributed by atoms with Crippen molar-refractivity contribution in [2.75, 3.05) is 6.61 Å². The smallest absolute Gasteiger partial charge is 0.287 e. The van der Waals surface area contributed by atoms with Crippen molar-refractivity contribution >= 4 is 5.69 Å². The molecule has 0 radical (unpaired) electrons. The zero-order chi connectivity index (χ0) is 13.1. The van der Waals surface area contributed by atoms with Crippen LogP contribution in [0.25, 0.3) is 0 Å². The molecule has 1 atom stereocenters. The first-order valence-corrected chi connectivity index (χ1v) is 5.52. The van der Waals surface area contributed by atoms with Gasteiger partial charge in [-0.05, 0) is 12.8 Å². The fourth-order valence-electron chi connectivity index (χ4n) is 1.94. The summed E-state index contributed by atoms with van der Waals surface area (Å²) in [5, 5.41) is 19.5. The SMILES string of the molecule is N#Cc1cc([N+](=O)[O-])cn(C[C@H]2CCCO2)c1=O. The Kier molecular flexibility index (Phi) is 3.39. The van der Waals surface area contributed by atoms with Gasteiger partial charge in [-0.25, -0.2) is 0 Å². The molecular weight excluding hydrogens is 238 g/mol. The summed E-state index contributed by atoms with van der Waals surface area (Å²) in [5.41, 5.74) is -0.995. The second-order valence-electron chi connectivity index (χ2n) is 4.07. The molecule has 1 fully saturated rings. The molecule has 18 heavy (non-hydrogen) atoms. The predicted molar refractivity (Wildman–Crippen MR) is 61.0 cm³/mol. The average Bonchev–Trinajstić information content (AvgIpc) is 2.84. The molecule has 1 saturated heterocycles. The van der Waals surface area contributed by atoms with Gasteiger partial charge in [-0.1, -0.05) is 0 Å². The van der Waals surface area contributed by atoms with Crippen molar-refractivity contribution in [1.29, 1.82) is 5.26 Å². The number of hydrogen-bond acceptors (Lipinski definition) is 5. The molecule has 2 heterocycles. The van der Waals surface area contributed by atoms with Crippen LogP contribution in [0.5, 0.6) is 0 Å². The minimum atomic E-state index is -0.619. The molecule has 1 aliphatic rings. The summed E-state index contributed by atoms with van der Waals surface area (Å²) in [5.74, 6) is 0. The Bertz CT molecular complexity index is 567. The minimum Gasteiger partial charge on any atom is -0.376 e. The molecule has 1 aromatic rings. The molecule has 0 aliphatic carbocycles. The highest BCUT2D eigenvalue weighted by molar-refractivity contribution is 5.37. The number of nitriles is 1. The monoisotopic (exact) mass is 249 g/mol. The highest BCUT2D eigenvalue weighted by Gasteiger charge is 2.19. The van der Waals surface area contributed by atoms with Crippen molar-refractivity contribution in [2.45, 2.75) is 25.5 Å². The second-order valence-corrected chi connectivity index (χ2v) is 4.07. The van der Waals surface area contributed by atoms with Crippen molar-refractivity contribution in [1.82, 2.24) is 4.57 Å². The van der Waals surface area contributed by atoms with Gasteiger partial charge in [-0.2, -0.15) is 5.26 Å². The standard InChI is InChI=1S/C11H11N3O4/c12-5-8-4-9(14(16)17)6-13(11(8)15)7-10-2-1-3-18-10/h4,6,10H,1-3,7H2/t10-/m1/s1. The fourth-order valence-corrected chi connectivity index (χ4v) is 1.94. The maximum absolute atomic E-state index is 11.8. The Morgan fingerprint density at radius 3 is 3.00 bits per heavy atom. The van der Waals surface area contributed by atoms with Gasteiger partial charge >= 0.3 is 0 Å².